The monoisotopic (exact) mass is 345 g/mol. The fourth-order valence-electron chi connectivity index (χ4n) is 3.19. The minimum Gasteiger partial charge on any atom is -0.339 e. The highest BCUT2D eigenvalue weighted by Crippen LogP contribution is 2.15. The predicted octanol–water partition coefficient (Wildman–Crippen LogP) is 0.0722. The maximum atomic E-state index is 12.5. The molecule has 1 N–H and O–H groups in total. The Morgan fingerprint density at radius 3 is 2.40 bits per heavy atom. The minimum atomic E-state index is -0.175. The Bertz CT molecular complexity index is 758. The summed E-state index contributed by atoms with van der Waals surface area (Å²) in [5.41, 5.74) is 3.23. The molecular weight excluding hydrogens is 322 g/mol. The molecule has 9 heteroatoms. The number of carbonyl (C=O) groups is 2. The van der Waals surface area contributed by atoms with Gasteiger partial charge in [0.05, 0.1) is 5.69 Å². The van der Waals surface area contributed by atoms with E-state index in [9.17, 15) is 9.59 Å². The lowest BCUT2D eigenvalue weighted by molar-refractivity contribution is -0.132. The first-order valence-corrected chi connectivity index (χ1v) is 8.39. The summed E-state index contributed by atoms with van der Waals surface area (Å²) in [6.07, 6.45) is 2.47. The predicted molar refractivity (Wildman–Crippen MR) is 89.9 cm³/mol. The molecule has 9 nitrogen and oxygen atoms in total. The number of rotatable bonds is 4. The summed E-state index contributed by atoms with van der Waals surface area (Å²) in [5, 5.41) is 10.7. The van der Waals surface area contributed by atoms with Crippen LogP contribution in [0.4, 0.5) is 0 Å². The molecule has 1 fully saturated rings. The van der Waals surface area contributed by atoms with E-state index in [0.717, 1.165) is 17.0 Å². The van der Waals surface area contributed by atoms with E-state index in [0.29, 0.717) is 39.0 Å². The molecule has 0 unspecified atom stereocenters. The molecule has 0 spiro atoms. The van der Waals surface area contributed by atoms with Gasteiger partial charge in [0.2, 0.25) is 11.7 Å². The van der Waals surface area contributed by atoms with E-state index < -0.39 is 0 Å². The van der Waals surface area contributed by atoms with Gasteiger partial charge >= 0.3 is 0 Å². The maximum absolute atomic E-state index is 12.5. The molecule has 134 valence electrons. The number of nitrogens with one attached hydrogen (secondary N) is 1. The van der Waals surface area contributed by atoms with Crippen molar-refractivity contribution in [3.63, 3.8) is 0 Å². The zero-order chi connectivity index (χ0) is 18.0. The van der Waals surface area contributed by atoms with Crippen molar-refractivity contribution in [3.8, 4) is 0 Å². The lowest BCUT2D eigenvalue weighted by Gasteiger charge is -2.34. The fourth-order valence-corrected chi connectivity index (χ4v) is 3.19. The van der Waals surface area contributed by atoms with Crippen molar-refractivity contribution in [1.29, 1.82) is 0 Å². The van der Waals surface area contributed by atoms with E-state index in [2.05, 4.69) is 20.3 Å². The topological polar surface area (TPSA) is 100 Å². The molecule has 0 atom stereocenters. The summed E-state index contributed by atoms with van der Waals surface area (Å²) in [4.78, 5) is 32.1. The van der Waals surface area contributed by atoms with E-state index in [1.165, 1.54) is 6.33 Å². The summed E-state index contributed by atoms with van der Waals surface area (Å²) in [6, 6.07) is 0. The van der Waals surface area contributed by atoms with Crippen molar-refractivity contribution in [3.05, 3.63) is 29.1 Å². The standard InChI is InChI=1S/C16H23N7O2/c1-11-13(12(2)21(3)20-11)4-5-14(24)22-6-8-23(9-7-22)16(25)15-17-10-18-19-15/h10H,4-9H2,1-3H3,(H,17,18,19). The molecule has 0 saturated carbocycles. The van der Waals surface area contributed by atoms with E-state index >= 15 is 0 Å². The summed E-state index contributed by atoms with van der Waals surface area (Å²) >= 11 is 0. The van der Waals surface area contributed by atoms with Crippen LogP contribution in [-0.2, 0) is 18.3 Å². The molecule has 0 radical (unpaired) electrons. The van der Waals surface area contributed by atoms with Gasteiger partial charge in [0.25, 0.3) is 5.91 Å². The van der Waals surface area contributed by atoms with Crippen LogP contribution in [-0.4, -0.2) is 72.8 Å². The maximum Gasteiger partial charge on any atom is 0.291 e. The first-order chi connectivity index (χ1) is 12.0. The van der Waals surface area contributed by atoms with Gasteiger partial charge in [-0.15, -0.1) is 0 Å². The average molecular weight is 345 g/mol. The zero-order valence-corrected chi connectivity index (χ0v) is 14.8. The van der Waals surface area contributed by atoms with Gasteiger partial charge < -0.3 is 9.80 Å². The molecule has 0 aromatic carbocycles. The van der Waals surface area contributed by atoms with Gasteiger partial charge in [0, 0.05) is 45.3 Å². The molecule has 0 aliphatic carbocycles. The van der Waals surface area contributed by atoms with Crippen LogP contribution < -0.4 is 0 Å². The normalized spacial score (nSPS) is 14.8. The van der Waals surface area contributed by atoms with Gasteiger partial charge in [-0.1, -0.05) is 0 Å². The number of H-pyrrole nitrogens is 1. The zero-order valence-electron chi connectivity index (χ0n) is 14.8. The SMILES string of the molecule is Cc1nn(C)c(C)c1CCC(=O)N1CCN(C(=O)c2ncn[nH]2)CC1. The Morgan fingerprint density at radius 2 is 1.84 bits per heavy atom. The van der Waals surface area contributed by atoms with Crippen molar-refractivity contribution in [2.75, 3.05) is 26.2 Å². The second-order valence-corrected chi connectivity index (χ2v) is 6.28. The summed E-state index contributed by atoms with van der Waals surface area (Å²) in [6.45, 7) is 6.11. The van der Waals surface area contributed by atoms with Crippen LogP contribution in [0.15, 0.2) is 6.33 Å². The van der Waals surface area contributed by atoms with Gasteiger partial charge in [0.15, 0.2) is 0 Å². The molecule has 2 aromatic rings. The van der Waals surface area contributed by atoms with Crippen LogP contribution in [0.3, 0.4) is 0 Å². The molecule has 2 aromatic heterocycles. The average Bonchev–Trinajstić information content (AvgIpc) is 3.22. The molecule has 25 heavy (non-hydrogen) atoms. The molecule has 1 aliphatic rings. The largest absolute Gasteiger partial charge is 0.339 e. The van der Waals surface area contributed by atoms with Gasteiger partial charge in [0.1, 0.15) is 6.33 Å². The second-order valence-electron chi connectivity index (χ2n) is 6.28. The second kappa shape index (κ2) is 7.04. The number of aryl methyl sites for hydroxylation is 2. The molecular formula is C16H23N7O2. The number of amides is 2. The third kappa shape index (κ3) is 3.54. The smallest absolute Gasteiger partial charge is 0.291 e. The molecule has 1 saturated heterocycles. The molecule has 0 bridgehead atoms. The molecule has 3 rings (SSSR count). The van der Waals surface area contributed by atoms with Crippen molar-refractivity contribution in [2.24, 2.45) is 7.05 Å². The number of hydrogen-bond acceptors (Lipinski definition) is 5. The number of carbonyl (C=O) groups excluding carboxylic acids is 2. The Hall–Kier alpha value is -2.71. The van der Waals surface area contributed by atoms with Gasteiger partial charge in [-0.05, 0) is 25.8 Å². The Morgan fingerprint density at radius 1 is 1.16 bits per heavy atom. The van der Waals surface area contributed by atoms with Crippen molar-refractivity contribution in [2.45, 2.75) is 26.7 Å². The van der Waals surface area contributed by atoms with Crippen molar-refractivity contribution < 1.29 is 9.59 Å². The lowest BCUT2D eigenvalue weighted by Crippen LogP contribution is -2.50. The number of hydrogen-bond donors (Lipinski definition) is 1. The summed E-state index contributed by atoms with van der Waals surface area (Å²) in [5.74, 6) is 0.183. The minimum absolute atomic E-state index is 0.120. The van der Waals surface area contributed by atoms with Gasteiger partial charge in [-0.2, -0.15) is 10.2 Å². The van der Waals surface area contributed by atoms with E-state index in [-0.39, 0.29) is 17.6 Å². The molecule has 2 amide bonds. The highest BCUT2D eigenvalue weighted by molar-refractivity contribution is 5.90. The van der Waals surface area contributed by atoms with Crippen LogP contribution in [0.25, 0.3) is 0 Å². The molecule has 3 heterocycles. The van der Waals surface area contributed by atoms with Crippen LogP contribution in [0, 0.1) is 13.8 Å². The first-order valence-electron chi connectivity index (χ1n) is 8.39. The summed E-state index contributed by atoms with van der Waals surface area (Å²) < 4.78 is 1.85. The first kappa shape index (κ1) is 17.1. The Labute approximate surface area is 146 Å². The highest BCUT2D eigenvalue weighted by atomic mass is 16.2. The fraction of sp³-hybridized carbons (Fsp3) is 0.562. The number of aromatic nitrogens is 5. The third-order valence-corrected chi connectivity index (χ3v) is 4.78. The van der Waals surface area contributed by atoms with Crippen LogP contribution in [0.1, 0.15) is 34.0 Å². The van der Waals surface area contributed by atoms with Crippen molar-refractivity contribution >= 4 is 11.8 Å². The quantitative estimate of drug-likeness (QED) is 0.845. The number of piperazine rings is 1. The van der Waals surface area contributed by atoms with Crippen LogP contribution in [0.5, 0.6) is 0 Å². The van der Waals surface area contributed by atoms with Crippen LogP contribution in [0.2, 0.25) is 0 Å². The highest BCUT2D eigenvalue weighted by Gasteiger charge is 2.26. The summed E-state index contributed by atoms with van der Waals surface area (Å²) in [7, 11) is 1.92. The van der Waals surface area contributed by atoms with Gasteiger partial charge in [-0.25, -0.2) is 4.98 Å². The molecule has 1 aliphatic heterocycles. The number of aromatic amines is 1. The van der Waals surface area contributed by atoms with E-state index in [4.69, 9.17) is 0 Å². The van der Waals surface area contributed by atoms with Crippen LogP contribution >= 0.6 is 0 Å². The lowest BCUT2D eigenvalue weighted by atomic mass is 10.1. The Kier molecular flexibility index (Phi) is 4.82. The Balaban J connectivity index is 1.51. The van der Waals surface area contributed by atoms with Gasteiger partial charge in [-0.3, -0.25) is 19.4 Å². The van der Waals surface area contributed by atoms with Crippen molar-refractivity contribution in [1.82, 2.24) is 34.8 Å². The van der Waals surface area contributed by atoms with E-state index in [1.54, 1.807) is 4.90 Å². The van der Waals surface area contributed by atoms with E-state index in [1.807, 2.05) is 30.5 Å². The third-order valence-electron chi connectivity index (χ3n) is 4.78. The number of nitrogens with zero attached hydrogens (tertiary/aromatic N) is 6.